The summed E-state index contributed by atoms with van der Waals surface area (Å²) in [6.07, 6.45) is 2.07. The molecule has 2 N–H and O–H groups in total. The molecule has 5 heteroatoms. The number of piperidine rings is 1. The lowest BCUT2D eigenvalue weighted by molar-refractivity contribution is -0.120. The van der Waals surface area contributed by atoms with Crippen LogP contribution in [0.15, 0.2) is 24.3 Å². The number of amides is 1. The molecule has 1 atom stereocenters. The van der Waals surface area contributed by atoms with E-state index in [1.54, 1.807) is 17.0 Å². The largest absolute Gasteiger partial charge is 0.327 e. The number of hydrogen-bond donors (Lipinski definition) is 1. The fraction of sp³-hybridized carbons (Fsp3) is 0.533. The molecule has 0 aromatic heterocycles. The van der Waals surface area contributed by atoms with Crippen LogP contribution in [-0.4, -0.2) is 43.0 Å². The molecule has 2 rings (SSSR count). The van der Waals surface area contributed by atoms with Gasteiger partial charge in [-0.05, 0) is 50.6 Å². The molecule has 1 aliphatic rings. The number of likely N-dealkylation sites (tertiary alicyclic amines) is 1. The first-order valence-corrected chi connectivity index (χ1v) is 7.14. The number of benzene rings is 1. The Balaban J connectivity index is 2.00. The van der Waals surface area contributed by atoms with Gasteiger partial charge in [0.1, 0.15) is 5.82 Å². The van der Waals surface area contributed by atoms with E-state index in [1.165, 1.54) is 12.1 Å². The minimum atomic E-state index is -0.292. The number of anilines is 1. The lowest BCUT2D eigenvalue weighted by Crippen LogP contribution is -2.48. The Hall–Kier alpha value is -1.46. The SMILES string of the molecule is CCN(C(=O)CN1CCC[C@@H](N)C1)c1ccc(F)cc1. The summed E-state index contributed by atoms with van der Waals surface area (Å²) in [7, 11) is 0. The van der Waals surface area contributed by atoms with Gasteiger partial charge in [-0.3, -0.25) is 9.69 Å². The van der Waals surface area contributed by atoms with Gasteiger partial charge in [-0.1, -0.05) is 0 Å². The molecule has 1 heterocycles. The molecule has 4 nitrogen and oxygen atoms in total. The Kier molecular flexibility index (Phi) is 5.09. The molecule has 0 radical (unpaired) electrons. The van der Waals surface area contributed by atoms with Gasteiger partial charge < -0.3 is 10.6 Å². The number of hydrogen-bond acceptors (Lipinski definition) is 3. The lowest BCUT2D eigenvalue weighted by atomic mass is 10.1. The van der Waals surface area contributed by atoms with Crippen LogP contribution in [0.5, 0.6) is 0 Å². The van der Waals surface area contributed by atoms with Gasteiger partial charge in [-0.2, -0.15) is 0 Å². The number of halogens is 1. The van der Waals surface area contributed by atoms with E-state index in [4.69, 9.17) is 5.73 Å². The van der Waals surface area contributed by atoms with E-state index in [1.807, 2.05) is 6.92 Å². The number of nitrogens with two attached hydrogens (primary N) is 1. The third-order valence-electron chi connectivity index (χ3n) is 3.66. The maximum atomic E-state index is 12.9. The number of nitrogens with zero attached hydrogens (tertiary/aromatic N) is 2. The predicted molar refractivity (Wildman–Crippen MR) is 78.1 cm³/mol. The summed E-state index contributed by atoms with van der Waals surface area (Å²) >= 11 is 0. The second-order valence-electron chi connectivity index (χ2n) is 5.25. The van der Waals surface area contributed by atoms with Crippen molar-refractivity contribution in [2.75, 3.05) is 31.1 Å². The van der Waals surface area contributed by atoms with Crippen LogP contribution < -0.4 is 10.6 Å². The second kappa shape index (κ2) is 6.81. The fourth-order valence-electron chi connectivity index (χ4n) is 2.64. The molecule has 0 bridgehead atoms. The molecule has 1 fully saturated rings. The summed E-state index contributed by atoms with van der Waals surface area (Å²) in [4.78, 5) is 16.2. The van der Waals surface area contributed by atoms with E-state index in [0.29, 0.717) is 13.1 Å². The van der Waals surface area contributed by atoms with Crippen LogP contribution in [0.25, 0.3) is 0 Å². The Bertz CT molecular complexity index is 449. The van der Waals surface area contributed by atoms with Crippen molar-refractivity contribution in [3.8, 4) is 0 Å². The van der Waals surface area contributed by atoms with Crippen LogP contribution >= 0.6 is 0 Å². The molecule has 1 aliphatic heterocycles. The van der Waals surface area contributed by atoms with Gasteiger partial charge in [0.05, 0.1) is 6.54 Å². The summed E-state index contributed by atoms with van der Waals surface area (Å²) in [6.45, 7) is 4.56. The number of carbonyl (C=O) groups is 1. The van der Waals surface area contributed by atoms with Gasteiger partial charge in [0.2, 0.25) is 5.91 Å². The summed E-state index contributed by atoms with van der Waals surface area (Å²) in [5.41, 5.74) is 6.67. The quantitative estimate of drug-likeness (QED) is 0.911. The van der Waals surface area contributed by atoms with Crippen molar-refractivity contribution in [1.29, 1.82) is 0 Å². The van der Waals surface area contributed by atoms with Crippen molar-refractivity contribution in [3.63, 3.8) is 0 Å². The first-order valence-electron chi connectivity index (χ1n) is 7.14. The molecule has 0 unspecified atom stereocenters. The highest BCUT2D eigenvalue weighted by Gasteiger charge is 2.22. The van der Waals surface area contributed by atoms with Crippen LogP contribution in [0.4, 0.5) is 10.1 Å². The molecule has 1 aromatic rings. The number of likely N-dealkylation sites (N-methyl/N-ethyl adjacent to an activating group) is 1. The molecule has 110 valence electrons. The molecule has 0 aliphatic carbocycles. The van der Waals surface area contributed by atoms with Crippen molar-refractivity contribution >= 4 is 11.6 Å². The summed E-state index contributed by atoms with van der Waals surface area (Å²) in [6, 6.07) is 6.19. The highest BCUT2D eigenvalue weighted by atomic mass is 19.1. The van der Waals surface area contributed by atoms with Crippen LogP contribution in [0.3, 0.4) is 0 Å². The van der Waals surface area contributed by atoms with Crippen molar-refractivity contribution < 1.29 is 9.18 Å². The summed E-state index contributed by atoms with van der Waals surface area (Å²) < 4.78 is 12.9. The summed E-state index contributed by atoms with van der Waals surface area (Å²) in [5, 5.41) is 0. The molecule has 0 saturated carbocycles. The third kappa shape index (κ3) is 3.77. The molecule has 1 amide bonds. The topological polar surface area (TPSA) is 49.6 Å². The van der Waals surface area contributed by atoms with Crippen molar-refractivity contribution in [1.82, 2.24) is 4.90 Å². The maximum Gasteiger partial charge on any atom is 0.241 e. The van der Waals surface area contributed by atoms with Gasteiger partial charge in [-0.25, -0.2) is 4.39 Å². The normalized spacial score (nSPS) is 19.9. The second-order valence-corrected chi connectivity index (χ2v) is 5.25. The zero-order valence-corrected chi connectivity index (χ0v) is 11.9. The van der Waals surface area contributed by atoms with Crippen molar-refractivity contribution in [2.24, 2.45) is 5.73 Å². The van der Waals surface area contributed by atoms with Gasteiger partial charge in [0.15, 0.2) is 0 Å². The highest BCUT2D eigenvalue weighted by molar-refractivity contribution is 5.94. The Morgan fingerprint density at radius 1 is 1.45 bits per heavy atom. The average Bonchev–Trinajstić information content (AvgIpc) is 2.42. The first kappa shape index (κ1) is 14.9. The van der Waals surface area contributed by atoms with E-state index >= 15 is 0 Å². The molecule has 0 spiro atoms. The van der Waals surface area contributed by atoms with Crippen molar-refractivity contribution in [2.45, 2.75) is 25.8 Å². The number of rotatable bonds is 4. The van der Waals surface area contributed by atoms with Crippen molar-refractivity contribution in [3.05, 3.63) is 30.1 Å². The third-order valence-corrected chi connectivity index (χ3v) is 3.66. The Morgan fingerprint density at radius 3 is 2.75 bits per heavy atom. The Labute approximate surface area is 119 Å². The molecule has 20 heavy (non-hydrogen) atoms. The van der Waals surface area contributed by atoms with E-state index in [-0.39, 0.29) is 17.8 Å². The van der Waals surface area contributed by atoms with Crippen LogP contribution in [0.1, 0.15) is 19.8 Å². The molecular weight excluding hydrogens is 257 g/mol. The fourth-order valence-corrected chi connectivity index (χ4v) is 2.64. The first-order chi connectivity index (χ1) is 9.60. The van der Waals surface area contributed by atoms with Gasteiger partial charge in [-0.15, -0.1) is 0 Å². The van der Waals surface area contributed by atoms with Gasteiger partial charge >= 0.3 is 0 Å². The van der Waals surface area contributed by atoms with Gasteiger partial charge in [0, 0.05) is 24.8 Å². The van der Waals surface area contributed by atoms with E-state index in [9.17, 15) is 9.18 Å². The van der Waals surface area contributed by atoms with E-state index < -0.39 is 0 Å². The maximum absolute atomic E-state index is 12.9. The minimum Gasteiger partial charge on any atom is -0.327 e. The smallest absolute Gasteiger partial charge is 0.241 e. The number of carbonyl (C=O) groups excluding carboxylic acids is 1. The zero-order chi connectivity index (χ0) is 14.5. The Morgan fingerprint density at radius 2 is 2.15 bits per heavy atom. The lowest BCUT2D eigenvalue weighted by Gasteiger charge is -2.32. The molecule has 1 saturated heterocycles. The minimum absolute atomic E-state index is 0.0354. The van der Waals surface area contributed by atoms with Crippen LogP contribution in [0, 0.1) is 5.82 Å². The summed E-state index contributed by atoms with van der Waals surface area (Å²) in [5.74, 6) is -0.257. The standard InChI is InChI=1S/C15H22FN3O/c1-2-19(14-7-5-12(16)6-8-14)15(20)11-18-9-3-4-13(17)10-18/h5-8,13H,2-4,9-11,17H2,1H3/t13-/m1/s1. The highest BCUT2D eigenvalue weighted by Crippen LogP contribution is 2.16. The molecule has 1 aromatic carbocycles. The molecular formula is C15H22FN3O. The predicted octanol–water partition coefficient (Wildman–Crippen LogP) is 1.60. The van der Waals surface area contributed by atoms with E-state index in [2.05, 4.69) is 4.90 Å². The van der Waals surface area contributed by atoms with Crippen LogP contribution in [0.2, 0.25) is 0 Å². The van der Waals surface area contributed by atoms with E-state index in [0.717, 1.165) is 31.6 Å². The zero-order valence-electron chi connectivity index (χ0n) is 11.9. The van der Waals surface area contributed by atoms with Gasteiger partial charge in [0.25, 0.3) is 0 Å². The van der Waals surface area contributed by atoms with Crippen LogP contribution in [-0.2, 0) is 4.79 Å². The monoisotopic (exact) mass is 279 g/mol. The average molecular weight is 279 g/mol.